The number of cyclic esters (lactones) is 1. The molecule has 1 saturated heterocycles. The van der Waals surface area contributed by atoms with Gasteiger partial charge in [0, 0.05) is 5.92 Å². The summed E-state index contributed by atoms with van der Waals surface area (Å²) in [6, 6.07) is 0. The van der Waals surface area contributed by atoms with Gasteiger partial charge in [-0.1, -0.05) is 12.8 Å². The first-order chi connectivity index (χ1) is 6.13. The van der Waals surface area contributed by atoms with Crippen molar-refractivity contribution in [2.45, 2.75) is 38.2 Å². The molecule has 0 aromatic heterocycles. The normalized spacial score (nSPS) is 34.8. The summed E-state index contributed by atoms with van der Waals surface area (Å²) in [7, 11) is 0. The maximum atomic E-state index is 11.4. The number of ether oxygens (including phenoxy) is 1. The number of amides is 2. The molecule has 1 aliphatic heterocycles. The molecule has 0 bridgehead atoms. The van der Waals surface area contributed by atoms with Crippen molar-refractivity contribution >= 4 is 12.0 Å². The van der Waals surface area contributed by atoms with Crippen molar-refractivity contribution < 1.29 is 14.3 Å². The van der Waals surface area contributed by atoms with Crippen LogP contribution >= 0.6 is 0 Å². The van der Waals surface area contributed by atoms with E-state index in [1.54, 1.807) is 6.92 Å². The van der Waals surface area contributed by atoms with E-state index in [1.807, 2.05) is 0 Å². The Morgan fingerprint density at radius 2 is 2.00 bits per heavy atom. The minimum absolute atomic E-state index is 0.207. The Balaban J connectivity index is 2.18. The van der Waals surface area contributed by atoms with Gasteiger partial charge in [0.1, 0.15) is 0 Å². The molecule has 4 nitrogen and oxygen atoms in total. The van der Waals surface area contributed by atoms with Crippen LogP contribution in [-0.4, -0.2) is 17.6 Å². The van der Waals surface area contributed by atoms with Gasteiger partial charge < -0.3 is 4.74 Å². The summed E-state index contributed by atoms with van der Waals surface area (Å²) in [6.07, 6.45) is 3.63. The Morgan fingerprint density at radius 1 is 1.38 bits per heavy atom. The first-order valence-corrected chi connectivity index (χ1v) is 4.67. The van der Waals surface area contributed by atoms with E-state index in [-0.39, 0.29) is 11.8 Å². The largest absolute Gasteiger partial charge is 0.432 e. The lowest BCUT2D eigenvalue weighted by Gasteiger charge is -2.25. The predicted molar refractivity (Wildman–Crippen MR) is 45.0 cm³/mol. The number of hydrogen-bond donors (Lipinski definition) is 1. The number of nitrogens with one attached hydrogen (secondary N) is 1. The van der Waals surface area contributed by atoms with Crippen molar-refractivity contribution in [1.82, 2.24) is 5.32 Å². The molecule has 1 unspecified atom stereocenters. The summed E-state index contributed by atoms with van der Waals surface area (Å²) >= 11 is 0. The van der Waals surface area contributed by atoms with Gasteiger partial charge in [-0.15, -0.1) is 0 Å². The van der Waals surface area contributed by atoms with Gasteiger partial charge in [0.15, 0.2) is 5.60 Å². The third-order valence-electron chi connectivity index (χ3n) is 3.11. The number of hydrogen-bond acceptors (Lipinski definition) is 3. The highest BCUT2D eigenvalue weighted by atomic mass is 16.6. The smallest absolute Gasteiger partial charge is 0.415 e. The molecule has 1 atom stereocenters. The highest BCUT2D eigenvalue weighted by Gasteiger charge is 2.51. The fraction of sp³-hybridized carbons (Fsp3) is 0.778. The van der Waals surface area contributed by atoms with E-state index in [4.69, 9.17) is 4.74 Å². The topological polar surface area (TPSA) is 55.4 Å². The Bertz CT molecular complexity index is 258. The highest BCUT2D eigenvalue weighted by Crippen LogP contribution is 2.38. The number of carbonyl (C=O) groups excluding carboxylic acids is 2. The Labute approximate surface area is 76.6 Å². The van der Waals surface area contributed by atoms with Crippen LogP contribution in [0.2, 0.25) is 0 Å². The lowest BCUT2D eigenvalue weighted by molar-refractivity contribution is -0.134. The Kier molecular flexibility index (Phi) is 1.78. The molecule has 0 radical (unpaired) electrons. The fourth-order valence-electron chi connectivity index (χ4n) is 2.23. The molecule has 4 heteroatoms. The first kappa shape index (κ1) is 8.53. The van der Waals surface area contributed by atoms with Gasteiger partial charge in [-0.3, -0.25) is 10.1 Å². The van der Waals surface area contributed by atoms with Crippen molar-refractivity contribution in [2.75, 3.05) is 0 Å². The van der Waals surface area contributed by atoms with E-state index < -0.39 is 11.7 Å². The summed E-state index contributed by atoms with van der Waals surface area (Å²) in [4.78, 5) is 22.3. The van der Waals surface area contributed by atoms with Crippen molar-refractivity contribution in [1.29, 1.82) is 0 Å². The summed E-state index contributed by atoms with van der Waals surface area (Å²) in [6.45, 7) is 1.71. The van der Waals surface area contributed by atoms with Gasteiger partial charge in [0.25, 0.3) is 5.91 Å². The molecule has 13 heavy (non-hydrogen) atoms. The van der Waals surface area contributed by atoms with Gasteiger partial charge >= 0.3 is 6.09 Å². The second-order valence-electron chi connectivity index (χ2n) is 3.93. The zero-order valence-corrected chi connectivity index (χ0v) is 7.63. The molecule has 0 aromatic rings. The first-order valence-electron chi connectivity index (χ1n) is 4.67. The molecule has 72 valence electrons. The van der Waals surface area contributed by atoms with Crippen LogP contribution in [-0.2, 0) is 9.53 Å². The molecule has 1 saturated carbocycles. The predicted octanol–water partition coefficient (Wildman–Crippen LogP) is 1.20. The van der Waals surface area contributed by atoms with Crippen molar-refractivity contribution in [2.24, 2.45) is 5.92 Å². The minimum atomic E-state index is -0.895. The average molecular weight is 183 g/mol. The van der Waals surface area contributed by atoms with Gasteiger partial charge in [-0.05, 0) is 19.8 Å². The number of alkyl carbamates (subject to hydrolysis) is 1. The summed E-state index contributed by atoms with van der Waals surface area (Å²) in [5, 5.41) is 2.18. The van der Waals surface area contributed by atoms with Crippen LogP contribution < -0.4 is 5.32 Å². The zero-order valence-electron chi connectivity index (χ0n) is 7.63. The van der Waals surface area contributed by atoms with Crippen LogP contribution in [0.4, 0.5) is 4.79 Å². The van der Waals surface area contributed by atoms with E-state index in [9.17, 15) is 9.59 Å². The Hall–Kier alpha value is -1.06. The lowest BCUT2D eigenvalue weighted by Crippen LogP contribution is -2.42. The molecule has 0 spiro atoms. The monoisotopic (exact) mass is 183 g/mol. The summed E-state index contributed by atoms with van der Waals surface area (Å²) in [5.74, 6) is -0.0663. The third-order valence-corrected chi connectivity index (χ3v) is 3.11. The summed E-state index contributed by atoms with van der Waals surface area (Å²) < 4.78 is 5.05. The third kappa shape index (κ3) is 1.20. The molecule has 2 fully saturated rings. The van der Waals surface area contributed by atoms with Crippen LogP contribution in [0.15, 0.2) is 0 Å². The van der Waals surface area contributed by atoms with Gasteiger partial charge in [-0.25, -0.2) is 4.79 Å². The lowest BCUT2D eigenvalue weighted by atomic mass is 9.87. The standard InChI is InChI=1S/C9H13NO3/c1-9(6-4-2-3-5-6)7(11)10-8(12)13-9/h6H,2-5H2,1H3,(H,10,11,12). The number of imide groups is 1. The average Bonchev–Trinajstić information content (AvgIpc) is 2.61. The van der Waals surface area contributed by atoms with Crippen molar-refractivity contribution in [3.05, 3.63) is 0 Å². The van der Waals surface area contributed by atoms with Crippen LogP contribution in [0.5, 0.6) is 0 Å². The number of rotatable bonds is 1. The highest BCUT2D eigenvalue weighted by molar-refractivity contribution is 6.02. The molecular formula is C9H13NO3. The summed E-state index contributed by atoms with van der Waals surface area (Å²) in [5.41, 5.74) is -0.895. The van der Waals surface area contributed by atoms with E-state index in [0.717, 1.165) is 25.7 Å². The van der Waals surface area contributed by atoms with E-state index in [0.29, 0.717) is 0 Å². The fourth-order valence-corrected chi connectivity index (χ4v) is 2.23. The molecule has 2 amide bonds. The molecule has 0 aromatic carbocycles. The zero-order chi connectivity index (χ0) is 9.47. The van der Waals surface area contributed by atoms with Crippen molar-refractivity contribution in [3.8, 4) is 0 Å². The van der Waals surface area contributed by atoms with E-state index in [2.05, 4.69) is 5.32 Å². The molecule has 1 aliphatic carbocycles. The van der Waals surface area contributed by atoms with Crippen LogP contribution in [0.1, 0.15) is 32.6 Å². The van der Waals surface area contributed by atoms with Crippen LogP contribution in [0.3, 0.4) is 0 Å². The Morgan fingerprint density at radius 3 is 2.46 bits per heavy atom. The molecule has 1 N–H and O–H groups in total. The van der Waals surface area contributed by atoms with Crippen LogP contribution in [0.25, 0.3) is 0 Å². The maximum absolute atomic E-state index is 11.4. The SMILES string of the molecule is CC1(C2CCCC2)OC(=O)NC1=O. The second kappa shape index (κ2) is 2.72. The van der Waals surface area contributed by atoms with Gasteiger partial charge in [0.2, 0.25) is 0 Å². The maximum Gasteiger partial charge on any atom is 0.415 e. The van der Waals surface area contributed by atoms with Crippen molar-refractivity contribution in [3.63, 3.8) is 0 Å². The van der Waals surface area contributed by atoms with E-state index in [1.165, 1.54) is 0 Å². The van der Waals surface area contributed by atoms with E-state index >= 15 is 0 Å². The minimum Gasteiger partial charge on any atom is -0.432 e. The van der Waals surface area contributed by atoms with Gasteiger partial charge in [-0.2, -0.15) is 0 Å². The second-order valence-corrected chi connectivity index (χ2v) is 3.93. The molecule has 2 rings (SSSR count). The quantitative estimate of drug-likeness (QED) is 0.664. The molecular weight excluding hydrogens is 170 g/mol. The number of carbonyl (C=O) groups is 2. The molecule has 1 heterocycles. The van der Waals surface area contributed by atoms with Crippen LogP contribution in [0, 0.1) is 5.92 Å². The van der Waals surface area contributed by atoms with Gasteiger partial charge in [0.05, 0.1) is 0 Å². The molecule has 2 aliphatic rings.